The Morgan fingerprint density at radius 2 is 1.76 bits per heavy atom. The van der Waals surface area contributed by atoms with Gasteiger partial charge in [-0.15, -0.1) is 0 Å². The van der Waals surface area contributed by atoms with Crippen LogP contribution in [-0.4, -0.2) is 10.2 Å². The Morgan fingerprint density at radius 3 is 2.35 bits per heavy atom. The number of nitriles is 1. The molecule has 3 nitrogen and oxygen atoms in total. The maximum Gasteiger partial charge on any atom is 0.133 e. The maximum absolute atomic E-state index is 13.1. The number of hydrogen-bond acceptors (Lipinski definition) is 3. The quantitative estimate of drug-likeness (QED) is 0.790. The molecule has 0 aromatic heterocycles. The van der Waals surface area contributed by atoms with Gasteiger partial charge < -0.3 is 10.2 Å². The molecule has 84 valence electrons. The third-order valence-corrected chi connectivity index (χ3v) is 2.33. The van der Waals surface area contributed by atoms with E-state index in [1.807, 2.05) is 6.07 Å². The molecule has 0 fully saturated rings. The van der Waals surface area contributed by atoms with Crippen molar-refractivity contribution >= 4 is 0 Å². The second-order valence-corrected chi connectivity index (χ2v) is 3.54. The largest absolute Gasteiger partial charge is 0.508 e. The molecule has 2 aromatic rings. The van der Waals surface area contributed by atoms with Gasteiger partial charge >= 0.3 is 0 Å². The number of benzene rings is 2. The molecule has 0 bridgehead atoms. The highest BCUT2D eigenvalue weighted by Crippen LogP contribution is 2.28. The van der Waals surface area contributed by atoms with Crippen LogP contribution >= 0.6 is 0 Å². The Morgan fingerprint density at radius 1 is 1.00 bits per heavy atom. The van der Waals surface area contributed by atoms with Crippen LogP contribution in [0.2, 0.25) is 0 Å². The van der Waals surface area contributed by atoms with Gasteiger partial charge in [0.25, 0.3) is 0 Å². The fraction of sp³-hybridized carbons (Fsp3) is 0. The van der Waals surface area contributed by atoms with Gasteiger partial charge in [-0.25, -0.2) is 4.39 Å². The molecule has 0 aliphatic heterocycles. The lowest BCUT2D eigenvalue weighted by molar-refractivity contribution is 0.469. The molecule has 0 amide bonds. The molecule has 0 radical (unpaired) electrons. The fourth-order valence-corrected chi connectivity index (χ4v) is 1.55. The monoisotopic (exact) mass is 229 g/mol. The summed E-state index contributed by atoms with van der Waals surface area (Å²) >= 11 is 0. The Bertz CT molecular complexity index is 597. The van der Waals surface area contributed by atoms with Gasteiger partial charge in [-0.2, -0.15) is 5.26 Å². The molecule has 0 aliphatic rings. The lowest BCUT2D eigenvalue weighted by Crippen LogP contribution is -1.83. The van der Waals surface area contributed by atoms with E-state index in [4.69, 9.17) is 5.26 Å². The van der Waals surface area contributed by atoms with Crippen molar-refractivity contribution < 1.29 is 14.6 Å². The van der Waals surface area contributed by atoms with E-state index in [0.717, 1.165) is 6.07 Å². The molecule has 0 spiro atoms. The molecular formula is C13H8FNO2. The van der Waals surface area contributed by atoms with Gasteiger partial charge in [0.05, 0.1) is 5.56 Å². The van der Waals surface area contributed by atoms with E-state index in [0.29, 0.717) is 11.1 Å². The first-order valence-corrected chi connectivity index (χ1v) is 4.83. The third-order valence-electron chi connectivity index (χ3n) is 2.33. The lowest BCUT2D eigenvalue weighted by atomic mass is 10.0. The molecule has 4 heteroatoms. The molecule has 0 aliphatic carbocycles. The van der Waals surface area contributed by atoms with Crippen LogP contribution in [-0.2, 0) is 0 Å². The van der Waals surface area contributed by atoms with Gasteiger partial charge in [-0.05, 0) is 35.4 Å². The van der Waals surface area contributed by atoms with Gasteiger partial charge in [0.1, 0.15) is 23.4 Å². The first-order valence-electron chi connectivity index (χ1n) is 4.83. The Labute approximate surface area is 97.0 Å². The summed E-state index contributed by atoms with van der Waals surface area (Å²) in [5.41, 5.74) is 1.10. The van der Waals surface area contributed by atoms with Crippen molar-refractivity contribution in [3.63, 3.8) is 0 Å². The van der Waals surface area contributed by atoms with Crippen molar-refractivity contribution in [3.05, 3.63) is 47.8 Å². The smallest absolute Gasteiger partial charge is 0.133 e. The summed E-state index contributed by atoms with van der Waals surface area (Å²) in [6.07, 6.45) is 0. The van der Waals surface area contributed by atoms with Gasteiger partial charge in [0.2, 0.25) is 0 Å². The minimum atomic E-state index is -0.566. The molecular weight excluding hydrogens is 221 g/mol. The van der Waals surface area contributed by atoms with Crippen LogP contribution in [0.1, 0.15) is 5.56 Å². The van der Waals surface area contributed by atoms with Crippen LogP contribution in [0.15, 0.2) is 36.4 Å². The predicted molar refractivity (Wildman–Crippen MR) is 59.9 cm³/mol. The van der Waals surface area contributed by atoms with Crippen LogP contribution in [0.5, 0.6) is 11.5 Å². The van der Waals surface area contributed by atoms with Crippen molar-refractivity contribution in [2.45, 2.75) is 0 Å². The van der Waals surface area contributed by atoms with Crippen molar-refractivity contribution in [3.8, 4) is 28.7 Å². The van der Waals surface area contributed by atoms with E-state index in [-0.39, 0.29) is 17.1 Å². The molecule has 2 aromatic carbocycles. The number of phenols is 2. The average Bonchev–Trinajstić information content (AvgIpc) is 2.27. The van der Waals surface area contributed by atoms with E-state index in [1.165, 1.54) is 24.3 Å². The minimum absolute atomic E-state index is 0.148. The van der Waals surface area contributed by atoms with Crippen LogP contribution in [0.4, 0.5) is 4.39 Å². The molecule has 2 rings (SSSR count). The molecule has 0 atom stereocenters. The second kappa shape index (κ2) is 4.14. The normalized spacial score (nSPS) is 9.88. The van der Waals surface area contributed by atoms with E-state index in [2.05, 4.69) is 0 Å². The van der Waals surface area contributed by atoms with Gasteiger partial charge in [0.15, 0.2) is 0 Å². The second-order valence-electron chi connectivity index (χ2n) is 3.54. The third kappa shape index (κ3) is 2.18. The van der Waals surface area contributed by atoms with E-state index in [9.17, 15) is 14.6 Å². The highest BCUT2D eigenvalue weighted by atomic mass is 19.1. The van der Waals surface area contributed by atoms with Crippen LogP contribution < -0.4 is 0 Å². The topological polar surface area (TPSA) is 64.2 Å². The highest BCUT2D eigenvalue weighted by Gasteiger charge is 2.06. The summed E-state index contributed by atoms with van der Waals surface area (Å²) in [4.78, 5) is 0. The predicted octanol–water partition coefficient (Wildman–Crippen LogP) is 2.78. The summed E-state index contributed by atoms with van der Waals surface area (Å²) in [6.45, 7) is 0. The summed E-state index contributed by atoms with van der Waals surface area (Å²) in [7, 11) is 0. The number of halogens is 1. The number of nitrogens with zero attached hydrogens (tertiary/aromatic N) is 1. The van der Waals surface area contributed by atoms with Crippen molar-refractivity contribution in [1.29, 1.82) is 5.26 Å². The van der Waals surface area contributed by atoms with Gasteiger partial charge in [-0.3, -0.25) is 0 Å². The summed E-state index contributed by atoms with van der Waals surface area (Å²) in [6, 6.07) is 9.80. The molecule has 2 N–H and O–H groups in total. The highest BCUT2D eigenvalue weighted by molar-refractivity contribution is 5.68. The standard InChI is InChI=1S/C13H8FNO2/c14-11-3-10(4-12(16)6-11)8-1-2-9(7-15)13(17)5-8/h1-6,16-17H. The minimum Gasteiger partial charge on any atom is -0.508 e. The van der Waals surface area contributed by atoms with E-state index >= 15 is 0 Å². The summed E-state index contributed by atoms with van der Waals surface area (Å²) in [5.74, 6) is -0.929. The zero-order valence-corrected chi connectivity index (χ0v) is 8.68. The van der Waals surface area contributed by atoms with Crippen molar-refractivity contribution in [2.75, 3.05) is 0 Å². The lowest BCUT2D eigenvalue weighted by Gasteiger charge is -2.04. The number of hydrogen-bond donors (Lipinski definition) is 2. The summed E-state index contributed by atoms with van der Waals surface area (Å²) < 4.78 is 13.1. The zero-order chi connectivity index (χ0) is 12.4. The van der Waals surface area contributed by atoms with E-state index < -0.39 is 5.82 Å². The first-order chi connectivity index (χ1) is 8.10. The molecule has 0 unspecified atom stereocenters. The number of aromatic hydroxyl groups is 2. The van der Waals surface area contributed by atoms with Crippen LogP contribution in [0, 0.1) is 17.1 Å². The van der Waals surface area contributed by atoms with E-state index in [1.54, 1.807) is 6.07 Å². The van der Waals surface area contributed by atoms with Crippen LogP contribution in [0.25, 0.3) is 11.1 Å². The SMILES string of the molecule is N#Cc1ccc(-c2cc(O)cc(F)c2)cc1O. The molecule has 0 saturated carbocycles. The fourth-order valence-electron chi connectivity index (χ4n) is 1.55. The first kappa shape index (κ1) is 11.0. The van der Waals surface area contributed by atoms with Gasteiger partial charge in [0, 0.05) is 6.07 Å². The molecule has 0 heterocycles. The Kier molecular flexibility index (Phi) is 2.67. The van der Waals surface area contributed by atoms with Crippen molar-refractivity contribution in [1.82, 2.24) is 0 Å². The number of rotatable bonds is 1. The van der Waals surface area contributed by atoms with Crippen molar-refractivity contribution in [2.24, 2.45) is 0 Å². The van der Waals surface area contributed by atoms with Gasteiger partial charge in [-0.1, -0.05) is 6.07 Å². The zero-order valence-electron chi connectivity index (χ0n) is 8.68. The Balaban J connectivity index is 2.54. The number of phenolic OH excluding ortho intramolecular Hbond substituents is 2. The summed E-state index contributed by atoms with van der Waals surface area (Å²) in [5, 5.41) is 27.4. The van der Waals surface area contributed by atoms with Crippen LogP contribution in [0.3, 0.4) is 0 Å². The molecule has 0 saturated heterocycles. The average molecular weight is 229 g/mol. The maximum atomic E-state index is 13.1. The molecule has 17 heavy (non-hydrogen) atoms. The Hall–Kier alpha value is -2.54.